The monoisotopic (exact) mass is 474 g/mol. The number of carbonyl (C=O) groups is 1. The zero-order chi connectivity index (χ0) is 24.4. The Bertz CT molecular complexity index is 1350. The summed E-state index contributed by atoms with van der Waals surface area (Å²) in [5.74, 6) is 1.21. The van der Waals surface area contributed by atoms with Gasteiger partial charge in [-0.1, -0.05) is 24.3 Å². The molecule has 35 heavy (non-hydrogen) atoms. The molecular weight excluding hydrogens is 447 g/mol. The molecule has 8 nitrogen and oxygen atoms in total. The molecule has 0 bridgehead atoms. The molecule has 4 aromatic rings. The summed E-state index contributed by atoms with van der Waals surface area (Å²) in [6, 6.07) is 14.3. The number of imidazole rings is 1. The fourth-order valence-corrected chi connectivity index (χ4v) is 4.67. The molecule has 5 rings (SSSR count). The van der Waals surface area contributed by atoms with Gasteiger partial charge in [-0.3, -0.25) is 9.36 Å². The number of anilines is 2. The van der Waals surface area contributed by atoms with Gasteiger partial charge >= 0.3 is 0 Å². The van der Waals surface area contributed by atoms with E-state index in [4.69, 9.17) is 20.4 Å². The molecule has 0 atom stereocenters. The van der Waals surface area contributed by atoms with Gasteiger partial charge < -0.3 is 15.8 Å². The number of hydrogen-bond donors (Lipinski definition) is 2. The number of methoxy groups -OCH3 is 1. The van der Waals surface area contributed by atoms with Crippen molar-refractivity contribution in [2.45, 2.75) is 38.1 Å². The van der Waals surface area contributed by atoms with Crippen molar-refractivity contribution < 1.29 is 13.9 Å². The van der Waals surface area contributed by atoms with E-state index >= 15 is 0 Å². The number of benzene rings is 2. The Morgan fingerprint density at radius 3 is 2.54 bits per heavy atom. The highest BCUT2D eigenvalue weighted by Crippen LogP contribution is 2.37. The molecule has 2 aromatic heterocycles. The summed E-state index contributed by atoms with van der Waals surface area (Å²) in [7, 11) is 1.64. The van der Waals surface area contributed by atoms with Gasteiger partial charge in [0, 0.05) is 18.4 Å². The molecule has 3 N–H and O–H groups in total. The lowest BCUT2D eigenvalue weighted by Crippen LogP contribution is -2.28. The number of primary amides is 1. The predicted octanol–water partition coefficient (Wildman–Crippen LogP) is 4.53. The van der Waals surface area contributed by atoms with Crippen molar-refractivity contribution in [1.29, 1.82) is 0 Å². The number of hydrogen-bond acceptors (Lipinski definition) is 6. The number of nitrogens with two attached hydrogens (primary N) is 1. The lowest BCUT2D eigenvalue weighted by Gasteiger charge is -2.29. The van der Waals surface area contributed by atoms with Crippen molar-refractivity contribution in [3.05, 3.63) is 71.9 Å². The number of rotatable bonds is 7. The van der Waals surface area contributed by atoms with Gasteiger partial charge in [0.15, 0.2) is 5.65 Å². The molecule has 0 spiro atoms. The summed E-state index contributed by atoms with van der Waals surface area (Å²) in [5, 5.41) is 3.15. The van der Waals surface area contributed by atoms with Gasteiger partial charge in [-0.2, -0.15) is 0 Å². The van der Waals surface area contributed by atoms with Crippen molar-refractivity contribution in [2.75, 3.05) is 12.4 Å². The fourth-order valence-electron chi connectivity index (χ4n) is 4.67. The summed E-state index contributed by atoms with van der Waals surface area (Å²) in [5.41, 5.74) is 8.24. The third kappa shape index (κ3) is 4.80. The Morgan fingerprint density at radius 1 is 1.11 bits per heavy atom. The summed E-state index contributed by atoms with van der Waals surface area (Å²) < 4.78 is 21.7. The maximum Gasteiger partial charge on any atom is 0.220 e. The highest BCUT2D eigenvalue weighted by molar-refractivity contribution is 5.77. The molecule has 9 heteroatoms. The average molecular weight is 475 g/mol. The van der Waals surface area contributed by atoms with Crippen molar-refractivity contribution in [1.82, 2.24) is 19.5 Å². The van der Waals surface area contributed by atoms with Crippen LogP contribution in [0.2, 0.25) is 0 Å². The van der Waals surface area contributed by atoms with Gasteiger partial charge in [-0.15, -0.1) is 0 Å². The lowest BCUT2D eigenvalue weighted by atomic mass is 9.85. The number of amides is 1. The zero-order valence-corrected chi connectivity index (χ0v) is 19.4. The third-order valence-corrected chi connectivity index (χ3v) is 6.59. The minimum absolute atomic E-state index is 0.0496. The quantitative estimate of drug-likeness (QED) is 0.408. The number of aromatic nitrogens is 4. The molecule has 0 saturated heterocycles. The maximum absolute atomic E-state index is 14.4. The van der Waals surface area contributed by atoms with E-state index < -0.39 is 0 Å². The molecule has 2 aromatic carbocycles. The number of nitrogens with one attached hydrogen (secondary N) is 1. The average Bonchev–Trinajstić information content (AvgIpc) is 3.23. The van der Waals surface area contributed by atoms with Crippen LogP contribution in [0.3, 0.4) is 0 Å². The number of nitrogens with zero attached hydrogens (tertiary/aromatic N) is 4. The van der Waals surface area contributed by atoms with Crippen LogP contribution in [-0.2, 0) is 11.2 Å². The smallest absolute Gasteiger partial charge is 0.220 e. The van der Waals surface area contributed by atoms with Crippen molar-refractivity contribution >= 4 is 28.7 Å². The van der Waals surface area contributed by atoms with E-state index in [1.54, 1.807) is 31.5 Å². The van der Waals surface area contributed by atoms with E-state index in [0.717, 1.165) is 24.2 Å². The maximum atomic E-state index is 14.4. The Hall–Kier alpha value is -4.01. The number of carbonyl (C=O) groups excluding carboxylic acids is 1. The van der Waals surface area contributed by atoms with Crippen LogP contribution < -0.4 is 15.8 Å². The van der Waals surface area contributed by atoms with Gasteiger partial charge in [-0.05, 0) is 55.5 Å². The molecule has 1 saturated carbocycles. The van der Waals surface area contributed by atoms with Crippen LogP contribution >= 0.6 is 0 Å². The third-order valence-electron chi connectivity index (χ3n) is 6.59. The van der Waals surface area contributed by atoms with E-state index in [1.165, 1.54) is 6.07 Å². The van der Waals surface area contributed by atoms with Crippen LogP contribution in [0.1, 0.15) is 43.1 Å². The summed E-state index contributed by atoms with van der Waals surface area (Å²) in [4.78, 5) is 25.8. The first-order valence-electron chi connectivity index (χ1n) is 11.7. The number of ether oxygens (including phenoxy) is 1. The van der Waals surface area contributed by atoms with Crippen LogP contribution in [0.5, 0.6) is 5.75 Å². The zero-order valence-electron chi connectivity index (χ0n) is 19.4. The molecule has 0 unspecified atom stereocenters. The largest absolute Gasteiger partial charge is 0.497 e. The number of halogens is 1. The Labute approximate surface area is 202 Å². The molecule has 180 valence electrons. The van der Waals surface area contributed by atoms with Crippen LogP contribution in [0.4, 0.5) is 16.0 Å². The molecule has 1 fully saturated rings. The topological polar surface area (TPSA) is 108 Å². The van der Waals surface area contributed by atoms with Gasteiger partial charge in [0.25, 0.3) is 0 Å². The standard InChI is InChI=1S/C26H27FN6O2/c1-35-19-12-6-16(7-13-19)14-23-29-15-22-25(32-23)33(18-10-8-17(9-11-18)24(28)34)26(31-22)30-21-5-3-2-4-20(21)27/h2-7,12-13,15,17-18H,8-11,14H2,1H3,(H2,28,34)(H,30,31). The molecule has 1 amide bonds. The van der Waals surface area contributed by atoms with E-state index in [1.807, 2.05) is 28.8 Å². The van der Waals surface area contributed by atoms with E-state index in [-0.39, 0.29) is 23.7 Å². The van der Waals surface area contributed by atoms with Crippen LogP contribution in [-0.4, -0.2) is 32.5 Å². The van der Waals surface area contributed by atoms with Gasteiger partial charge in [-0.25, -0.2) is 19.3 Å². The summed E-state index contributed by atoms with van der Waals surface area (Å²) >= 11 is 0. The van der Waals surface area contributed by atoms with E-state index in [2.05, 4.69) is 10.3 Å². The minimum Gasteiger partial charge on any atom is -0.497 e. The van der Waals surface area contributed by atoms with E-state index in [9.17, 15) is 9.18 Å². The molecule has 2 heterocycles. The second-order valence-corrected chi connectivity index (χ2v) is 8.84. The molecule has 0 aliphatic heterocycles. The SMILES string of the molecule is COc1ccc(Cc2ncc3nc(Nc4ccccc4F)n(C4CCC(C(N)=O)CC4)c3n2)cc1. The highest BCUT2D eigenvalue weighted by Gasteiger charge is 2.29. The summed E-state index contributed by atoms with van der Waals surface area (Å²) in [6.45, 7) is 0. The second kappa shape index (κ2) is 9.69. The number of para-hydroxylation sites is 1. The van der Waals surface area contributed by atoms with Gasteiger partial charge in [0.1, 0.15) is 22.9 Å². The van der Waals surface area contributed by atoms with Gasteiger partial charge in [0.05, 0.1) is 19.0 Å². The first-order chi connectivity index (χ1) is 17.0. The predicted molar refractivity (Wildman–Crippen MR) is 131 cm³/mol. The first-order valence-corrected chi connectivity index (χ1v) is 11.7. The van der Waals surface area contributed by atoms with E-state index in [0.29, 0.717) is 47.9 Å². The molecule has 1 aliphatic rings. The Kier molecular flexibility index (Phi) is 6.31. The molecule has 0 radical (unpaired) electrons. The second-order valence-electron chi connectivity index (χ2n) is 8.84. The summed E-state index contributed by atoms with van der Waals surface area (Å²) in [6.07, 6.45) is 5.16. The number of fused-ring (bicyclic) bond motifs is 1. The molecule has 1 aliphatic carbocycles. The lowest BCUT2D eigenvalue weighted by molar-refractivity contribution is -0.122. The Morgan fingerprint density at radius 2 is 1.86 bits per heavy atom. The highest BCUT2D eigenvalue weighted by atomic mass is 19.1. The Balaban J connectivity index is 1.51. The van der Waals surface area contributed by atoms with Crippen LogP contribution in [0, 0.1) is 11.7 Å². The van der Waals surface area contributed by atoms with Crippen molar-refractivity contribution in [3.8, 4) is 5.75 Å². The van der Waals surface area contributed by atoms with Crippen LogP contribution in [0.25, 0.3) is 11.2 Å². The van der Waals surface area contributed by atoms with Crippen molar-refractivity contribution in [3.63, 3.8) is 0 Å². The normalized spacial score (nSPS) is 17.9. The first kappa shape index (κ1) is 22.8. The van der Waals surface area contributed by atoms with Gasteiger partial charge in [0.2, 0.25) is 11.9 Å². The van der Waals surface area contributed by atoms with Crippen LogP contribution in [0.15, 0.2) is 54.7 Å². The van der Waals surface area contributed by atoms with Crippen molar-refractivity contribution in [2.24, 2.45) is 11.7 Å². The fraction of sp³-hybridized carbons (Fsp3) is 0.308. The minimum atomic E-state index is -0.366. The molecular formula is C26H27FN6O2.